The molecule has 1 heterocycles. The molecular formula is C12H24N4O2S2. The number of thioether (sulfide) groups is 1. The second-order valence-electron chi connectivity index (χ2n) is 4.64. The third-order valence-corrected chi connectivity index (χ3v) is 5.72. The highest BCUT2D eigenvalue weighted by molar-refractivity contribution is 7.99. The van der Waals surface area contributed by atoms with E-state index in [1.807, 2.05) is 13.2 Å². The Labute approximate surface area is 125 Å². The van der Waals surface area contributed by atoms with Gasteiger partial charge in [-0.25, -0.2) is 13.1 Å². The van der Waals surface area contributed by atoms with Crippen LogP contribution in [0.1, 0.15) is 31.7 Å². The molecule has 1 atom stereocenters. The van der Waals surface area contributed by atoms with Gasteiger partial charge in [-0.3, -0.25) is 5.10 Å². The Morgan fingerprint density at radius 3 is 2.75 bits per heavy atom. The summed E-state index contributed by atoms with van der Waals surface area (Å²) < 4.78 is 27.4. The molecule has 1 aromatic rings. The van der Waals surface area contributed by atoms with Gasteiger partial charge in [0.15, 0.2) is 0 Å². The lowest BCUT2D eigenvalue weighted by atomic mass is 10.3. The topological polar surface area (TPSA) is 86.9 Å². The molecule has 0 saturated heterocycles. The van der Waals surface area contributed by atoms with Gasteiger partial charge in [0, 0.05) is 18.3 Å². The largest absolute Gasteiger partial charge is 0.311 e. The van der Waals surface area contributed by atoms with Gasteiger partial charge < -0.3 is 5.32 Å². The van der Waals surface area contributed by atoms with Crippen LogP contribution in [0.15, 0.2) is 4.90 Å². The lowest BCUT2D eigenvalue weighted by molar-refractivity contribution is 0.575. The van der Waals surface area contributed by atoms with Crippen LogP contribution in [0.25, 0.3) is 0 Å². The van der Waals surface area contributed by atoms with Gasteiger partial charge >= 0.3 is 0 Å². The molecule has 0 aromatic carbocycles. The number of aryl methyl sites for hydroxylation is 1. The van der Waals surface area contributed by atoms with Gasteiger partial charge in [-0.05, 0) is 26.1 Å². The van der Waals surface area contributed by atoms with Crippen LogP contribution in [0.4, 0.5) is 0 Å². The van der Waals surface area contributed by atoms with Gasteiger partial charge in [0.1, 0.15) is 4.90 Å². The number of nitrogens with one attached hydrogen (secondary N) is 3. The lowest BCUT2D eigenvalue weighted by Gasteiger charge is -2.10. The summed E-state index contributed by atoms with van der Waals surface area (Å²) in [7, 11) is -3.51. The van der Waals surface area contributed by atoms with Gasteiger partial charge in [0.2, 0.25) is 10.0 Å². The average Bonchev–Trinajstić information content (AvgIpc) is 2.77. The molecule has 6 nitrogen and oxygen atoms in total. The van der Waals surface area contributed by atoms with Crippen LogP contribution >= 0.6 is 11.8 Å². The fourth-order valence-electron chi connectivity index (χ4n) is 1.78. The predicted molar refractivity (Wildman–Crippen MR) is 83.5 cm³/mol. The van der Waals surface area contributed by atoms with Crippen LogP contribution in [0.3, 0.4) is 0 Å². The van der Waals surface area contributed by atoms with E-state index in [2.05, 4.69) is 27.2 Å². The monoisotopic (exact) mass is 320 g/mol. The van der Waals surface area contributed by atoms with Crippen molar-refractivity contribution in [2.24, 2.45) is 0 Å². The summed E-state index contributed by atoms with van der Waals surface area (Å²) in [5.41, 5.74) is 1.11. The maximum Gasteiger partial charge on any atom is 0.244 e. The van der Waals surface area contributed by atoms with E-state index in [0.717, 1.165) is 13.0 Å². The molecule has 0 fully saturated rings. The van der Waals surface area contributed by atoms with Crippen LogP contribution in [0, 0.1) is 6.92 Å². The Morgan fingerprint density at radius 1 is 1.45 bits per heavy atom. The molecule has 0 spiro atoms. The summed E-state index contributed by atoms with van der Waals surface area (Å²) in [6.07, 6.45) is 2.83. The normalized spacial score (nSPS) is 13.6. The second-order valence-corrected chi connectivity index (χ2v) is 7.62. The zero-order valence-corrected chi connectivity index (χ0v) is 14.1. The SMILES string of the molecule is CCNCc1n[nH]c(C)c1S(=O)(=O)NCCC(C)SC. The van der Waals surface area contributed by atoms with Crippen molar-refractivity contribution < 1.29 is 8.42 Å². The van der Waals surface area contributed by atoms with Gasteiger partial charge in [0.25, 0.3) is 0 Å². The summed E-state index contributed by atoms with van der Waals surface area (Å²) in [5, 5.41) is 10.3. The minimum Gasteiger partial charge on any atom is -0.311 e. The molecule has 20 heavy (non-hydrogen) atoms. The number of rotatable bonds is 9. The van der Waals surface area contributed by atoms with Gasteiger partial charge in [-0.2, -0.15) is 16.9 Å². The van der Waals surface area contributed by atoms with E-state index < -0.39 is 10.0 Å². The Balaban J connectivity index is 2.78. The van der Waals surface area contributed by atoms with Crippen molar-refractivity contribution in [2.45, 2.75) is 43.9 Å². The molecule has 3 N–H and O–H groups in total. The number of sulfonamides is 1. The number of nitrogens with zero attached hydrogens (tertiary/aromatic N) is 1. The van der Waals surface area contributed by atoms with Gasteiger partial charge in [-0.1, -0.05) is 13.8 Å². The van der Waals surface area contributed by atoms with E-state index >= 15 is 0 Å². The van der Waals surface area contributed by atoms with Crippen molar-refractivity contribution >= 4 is 21.8 Å². The predicted octanol–water partition coefficient (Wildman–Crippen LogP) is 1.25. The van der Waals surface area contributed by atoms with E-state index in [1.54, 1.807) is 18.7 Å². The number of hydrogen-bond acceptors (Lipinski definition) is 5. The number of aromatic amines is 1. The molecule has 1 rings (SSSR count). The standard InChI is InChI=1S/C12H24N4O2S2/c1-5-13-8-11-12(10(3)15-16-11)20(17,18)14-7-6-9(2)19-4/h9,13-14H,5-8H2,1-4H3,(H,15,16). The van der Waals surface area contributed by atoms with Crippen molar-refractivity contribution in [3.05, 3.63) is 11.4 Å². The zero-order chi connectivity index (χ0) is 15.2. The molecule has 8 heteroatoms. The Morgan fingerprint density at radius 2 is 2.15 bits per heavy atom. The van der Waals surface area contributed by atoms with E-state index in [4.69, 9.17) is 0 Å². The maximum atomic E-state index is 12.4. The van der Waals surface area contributed by atoms with E-state index in [0.29, 0.717) is 29.7 Å². The highest BCUT2D eigenvalue weighted by atomic mass is 32.2. The summed E-state index contributed by atoms with van der Waals surface area (Å²) in [4.78, 5) is 0.273. The van der Waals surface area contributed by atoms with E-state index in [9.17, 15) is 8.42 Å². The Kier molecular flexibility index (Phi) is 7.01. The fourth-order valence-corrected chi connectivity index (χ4v) is 3.54. The van der Waals surface area contributed by atoms with Crippen LogP contribution in [-0.2, 0) is 16.6 Å². The molecule has 1 unspecified atom stereocenters. The molecule has 0 bridgehead atoms. The quantitative estimate of drug-likeness (QED) is 0.637. The van der Waals surface area contributed by atoms with Crippen molar-refractivity contribution in [1.29, 1.82) is 0 Å². The summed E-state index contributed by atoms with van der Waals surface area (Å²) in [6.45, 7) is 7.42. The van der Waals surface area contributed by atoms with Crippen LogP contribution in [-0.4, -0.2) is 43.2 Å². The van der Waals surface area contributed by atoms with Crippen molar-refractivity contribution in [2.75, 3.05) is 19.3 Å². The fraction of sp³-hybridized carbons (Fsp3) is 0.750. The first-order valence-corrected chi connectivity index (χ1v) is 9.46. The van der Waals surface area contributed by atoms with Crippen LogP contribution in [0.5, 0.6) is 0 Å². The lowest BCUT2D eigenvalue weighted by Crippen LogP contribution is -2.28. The zero-order valence-electron chi connectivity index (χ0n) is 12.5. The summed E-state index contributed by atoms with van der Waals surface area (Å²) in [5.74, 6) is 0. The average molecular weight is 320 g/mol. The smallest absolute Gasteiger partial charge is 0.244 e. The van der Waals surface area contributed by atoms with Crippen LogP contribution in [0.2, 0.25) is 0 Å². The van der Waals surface area contributed by atoms with Crippen molar-refractivity contribution in [3.63, 3.8) is 0 Å². The minimum absolute atomic E-state index is 0.273. The number of aromatic nitrogens is 2. The van der Waals surface area contributed by atoms with Gasteiger partial charge in [0.05, 0.1) is 11.4 Å². The van der Waals surface area contributed by atoms with Crippen molar-refractivity contribution in [1.82, 2.24) is 20.2 Å². The molecule has 116 valence electrons. The molecule has 0 saturated carbocycles. The molecule has 1 aromatic heterocycles. The molecule has 0 aliphatic heterocycles. The Bertz CT molecular complexity index is 514. The first-order chi connectivity index (χ1) is 9.42. The van der Waals surface area contributed by atoms with Gasteiger partial charge in [-0.15, -0.1) is 0 Å². The Hall–Kier alpha value is -0.570. The summed E-state index contributed by atoms with van der Waals surface area (Å²) in [6, 6.07) is 0. The molecular weight excluding hydrogens is 296 g/mol. The highest BCUT2D eigenvalue weighted by Gasteiger charge is 2.23. The molecule has 0 amide bonds. The molecule has 0 aliphatic rings. The summed E-state index contributed by atoms with van der Waals surface area (Å²) >= 11 is 1.73. The first kappa shape index (κ1) is 17.5. The van der Waals surface area contributed by atoms with Crippen molar-refractivity contribution in [3.8, 4) is 0 Å². The second kappa shape index (κ2) is 8.02. The van der Waals surface area contributed by atoms with E-state index in [1.165, 1.54) is 0 Å². The molecule has 0 aliphatic carbocycles. The maximum absolute atomic E-state index is 12.4. The number of H-pyrrole nitrogens is 1. The highest BCUT2D eigenvalue weighted by Crippen LogP contribution is 2.17. The van der Waals surface area contributed by atoms with E-state index in [-0.39, 0.29) is 4.90 Å². The first-order valence-electron chi connectivity index (χ1n) is 6.69. The molecule has 0 radical (unpaired) electrons. The minimum atomic E-state index is -3.51. The number of hydrogen-bond donors (Lipinski definition) is 3. The third-order valence-electron chi connectivity index (χ3n) is 3.02. The third kappa shape index (κ3) is 4.76. The van der Waals surface area contributed by atoms with Crippen LogP contribution < -0.4 is 10.0 Å².